The van der Waals surface area contributed by atoms with Gasteiger partial charge in [0.15, 0.2) is 5.78 Å². The average molecular weight is 464 g/mol. The molecule has 0 saturated carbocycles. The van der Waals surface area contributed by atoms with E-state index < -0.39 is 5.97 Å². The number of hydrogen-bond donors (Lipinski definition) is 2. The van der Waals surface area contributed by atoms with Crippen LogP contribution in [0.4, 0.5) is 0 Å². The van der Waals surface area contributed by atoms with Crippen molar-refractivity contribution in [2.75, 3.05) is 7.11 Å². The summed E-state index contributed by atoms with van der Waals surface area (Å²) in [5, 5.41) is 19.9. The molecular weight excluding hydrogens is 434 g/mol. The number of aromatic hydroxyl groups is 1. The Kier molecular flexibility index (Phi) is 7.25. The van der Waals surface area contributed by atoms with Crippen molar-refractivity contribution < 1.29 is 29.3 Å². The number of carboxylic acid groups (broad SMARTS) is 1. The van der Waals surface area contributed by atoms with Gasteiger partial charge in [0.1, 0.15) is 29.4 Å². The number of rotatable bonds is 8. The van der Waals surface area contributed by atoms with E-state index in [0.29, 0.717) is 40.1 Å². The van der Waals surface area contributed by atoms with E-state index in [2.05, 4.69) is 4.98 Å². The first kappa shape index (κ1) is 24.8. The van der Waals surface area contributed by atoms with Crippen molar-refractivity contribution in [2.24, 2.45) is 5.41 Å². The molecule has 2 N–H and O–H groups in total. The number of pyridine rings is 1. The Morgan fingerprint density at radius 2 is 1.76 bits per heavy atom. The zero-order chi connectivity index (χ0) is 25.0. The van der Waals surface area contributed by atoms with Crippen LogP contribution in [0.5, 0.6) is 17.2 Å². The van der Waals surface area contributed by atoms with E-state index in [1.54, 1.807) is 43.5 Å². The van der Waals surface area contributed by atoms with Crippen molar-refractivity contribution in [1.82, 2.24) is 4.98 Å². The smallest absolute Gasteiger partial charge is 0.339 e. The Bertz CT molecular complexity index is 1210. The molecule has 3 rings (SSSR count). The van der Waals surface area contributed by atoms with Gasteiger partial charge < -0.3 is 19.7 Å². The van der Waals surface area contributed by atoms with Crippen molar-refractivity contribution in [3.63, 3.8) is 0 Å². The normalized spacial score (nSPS) is 11.2. The van der Waals surface area contributed by atoms with E-state index >= 15 is 0 Å². The second-order valence-corrected chi connectivity index (χ2v) is 9.26. The van der Waals surface area contributed by atoms with Crippen molar-refractivity contribution in [3.8, 4) is 28.4 Å². The van der Waals surface area contributed by atoms with Crippen LogP contribution in [0.15, 0.2) is 48.7 Å². The molecule has 34 heavy (non-hydrogen) atoms. The lowest BCUT2D eigenvalue weighted by atomic mass is 9.87. The highest BCUT2D eigenvalue weighted by Gasteiger charge is 2.22. The van der Waals surface area contributed by atoms with Crippen LogP contribution in [0.1, 0.15) is 59.2 Å². The Morgan fingerprint density at radius 1 is 1.03 bits per heavy atom. The molecule has 3 aromatic rings. The van der Waals surface area contributed by atoms with Crippen LogP contribution >= 0.6 is 0 Å². The molecule has 0 aliphatic heterocycles. The Labute approximate surface area is 199 Å². The fourth-order valence-corrected chi connectivity index (χ4v) is 3.61. The zero-order valence-electron chi connectivity index (χ0n) is 20.0. The molecule has 1 aromatic heterocycles. The first-order valence-corrected chi connectivity index (χ1v) is 10.9. The lowest BCUT2D eigenvalue weighted by Gasteiger charge is -2.18. The molecule has 0 bridgehead atoms. The fraction of sp³-hybridized carbons (Fsp3) is 0.296. The molecular formula is C27H29NO6. The largest absolute Gasteiger partial charge is 0.507 e. The van der Waals surface area contributed by atoms with Crippen LogP contribution in [-0.2, 0) is 6.61 Å². The molecule has 178 valence electrons. The Balaban J connectivity index is 1.76. The van der Waals surface area contributed by atoms with E-state index in [4.69, 9.17) is 9.47 Å². The van der Waals surface area contributed by atoms with E-state index in [9.17, 15) is 19.8 Å². The number of para-hydroxylation sites is 1. The van der Waals surface area contributed by atoms with Crippen molar-refractivity contribution in [1.29, 1.82) is 0 Å². The van der Waals surface area contributed by atoms with Crippen LogP contribution in [0.2, 0.25) is 0 Å². The highest BCUT2D eigenvalue weighted by molar-refractivity contribution is 5.99. The number of hydrogen-bond acceptors (Lipinski definition) is 6. The molecule has 7 nitrogen and oxygen atoms in total. The minimum atomic E-state index is -1.07. The van der Waals surface area contributed by atoms with Gasteiger partial charge in [0, 0.05) is 29.3 Å². The van der Waals surface area contributed by atoms with Gasteiger partial charge in [-0.2, -0.15) is 0 Å². The second-order valence-electron chi connectivity index (χ2n) is 9.26. The maximum absolute atomic E-state index is 12.5. The predicted octanol–water partition coefficient (Wildman–Crippen LogP) is 5.67. The highest BCUT2D eigenvalue weighted by atomic mass is 16.5. The average Bonchev–Trinajstić information content (AvgIpc) is 2.78. The summed E-state index contributed by atoms with van der Waals surface area (Å²) in [5.41, 5.74) is 2.66. The summed E-state index contributed by atoms with van der Waals surface area (Å²) in [4.78, 5) is 28.4. The minimum absolute atomic E-state index is 0.0690. The van der Waals surface area contributed by atoms with Gasteiger partial charge in [-0.25, -0.2) is 4.79 Å². The quantitative estimate of drug-likeness (QED) is 0.415. The highest BCUT2D eigenvalue weighted by Crippen LogP contribution is 2.35. The molecule has 7 heteroatoms. The van der Waals surface area contributed by atoms with Crippen molar-refractivity contribution in [3.05, 3.63) is 71.0 Å². The summed E-state index contributed by atoms with van der Waals surface area (Å²) >= 11 is 0. The molecule has 0 fully saturated rings. The summed E-state index contributed by atoms with van der Waals surface area (Å²) in [6.07, 6.45) is 1.96. The van der Waals surface area contributed by atoms with E-state index in [-0.39, 0.29) is 34.9 Å². The third-order valence-corrected chi connectivity index (χ3v) is 5.33. The number of ether oxygens (including phenoxy) is 2. The monoisotopic (exact) mass is 463 g/mol. The first-order valence-electron chi connectivity index (χ1n) is 10.9. The van der Waals surface area contributed by atoms with Crippen molar-refractivity contribution >= 4 is 11.8 Å². The summed E-state index contributed by atoms with van der Waals surface area (Å²) in [6, 6.07) is 11.8. The van der Waals surface area contributed by atoms with Crippen molar-refractivity contribution in [2.45, 2.75) is 40.7 Å². The number of phenols is 1. The number of carbonyl (C=O) groups is 2. The topological polar surface area (TPSA) is 106 Å². The predicted molar refractivity (Wildman–Crippen MR) is 129 cm³/mol. The fourth-order valence-electron chi connectivity index (χ4n) is 3.61. The molecule has 0 aliphatic carbocycles. The Morgan fingerprint density at radius 3 is 2.35 bits per heavy atom. The van der Waals surface area contributed by atoms with Gasteiger partial charge in [0.25, 0.3) is 0 Å². The molecule has 2 aromatic carbocycles. The van der Waals surface area contributed by atoms with Crippen LogP contribution in [-0.4, -0.2) is 34.1 Å². The minimum Gasteiger partial charge on any atom is -0.507 e. The van der Waals surface area contributed by atoms with Crippen LogP contribution in [0.25, 0.3) is 11.1 Å². The standard InChI is InChI=1S/C27H29NO6/c1-16-23(12-11-20(24(16)30)22(29)13-27(2,3)4)34-15-18-10-9-17(14-28-18)19-7-6-8-21(26(31)32)25(19)33-5/h6-12,14,30H,13,15H2,1-5H3,(H,31,32). The number of methoxy groups -OCH3 is 1. The van der Waals surface area contributed by atoms with E-state index in [0.717, 1.165) is 0 Å². The summed E-state index contributed by atoms with van der Waals surface area (Å²) in [5.74, 6) is -0.513. The third-order valence-electron chi connectivity index (χ3n) is 5.33. The lowest BCUT2D eigenvalue weighted by Crippen LogP contribution is -2.13. The van der Waals surface area contributed by atoms with E-state index in [1.165, 1.54) is 13.2 Å². The van der Waals surface area contributed by atoms with E-state index in [1.807, 2.05) is 26.8 Å². The third kappa shape index (κ3) is 5.54. The lowest BCUT2D eigenvalue weighted by molar-refractivity contribution is 0.0693. The second kappa shape index (κ2) is 9.95. The van der Waals surface area contributed by atoms with Gasteiger partial charge in [-0.3, -0.25) is 9.78 Å². The molecule has 0 spiro atoms. The SMILES string of the molecule is COc1c(C(=O)O)cccc1-c1ccc(COc2ccc(C(=O)CC(C)(C)C)c(O)c2C)nc1. The zero-order valence-corrected chi connectivity index (χ0v) is 20.0. The summed E-state index contributed by atoms with van der Waals surface area (Å²) < 4.78 is 11.2. The number of ketones is 1. The first-order chi connectivity index (χ1) is 16.0. The molecule has 0 radical (unpaired) electrons. The summed E-state index contributed by atoms with van der Waals surface area (Å²) in [6.45, 7) is 7.79. The van der Waals surface area contributed by atoms with Crippen LogP contribution in [0.3, 0.4) is 0 Å². The van der Waals surface area contributed by atoms with Crippen LogP contribution in [0, 0.1) is 12.3 Å². The number of aromatic nitrogens is 1. The van der Waals surface area contributed by atoms with Gasteiger partial charge >= 0.3 is 5.97 Å². The van der Waals surface area contributed by atoms with Gasteiger partial charge in [0.05, 0.1) is 18.4 Å². The van der Waals surface area contributed by atoms with Gasteiger partial charge in [-0.15, -0.1) is 0 Å². The maximum atomic E-state index is 12.5. The molecule has 0 unspecified atom stereocenters. The van der Waals surface area contributed by atoms with Gasteiger partial charge in [0.2, 0.25) is 0 Å². The number of benzene rings is 2. The molecule has 0 aliphatic rings. The van der Waals surface area contributed by atoms with Gasteiger partial charge in [-0.05, 0) is 36.6 Å². The van der Waals surface area contributed by atoms with Gasteiger partial charge in [-0.1, -0.05) is 39.0 Å². The Hall–Kier alpha value is -3.87. The maximum Gasteiger partial charge on any atom is 0.339 e. The number of nitrogens with zero attached hydrogens (tertiary/aromatic N) is 1. The molecule has 0 amide bonds. The summed E-state index contributed by atoms with van der Waals surface area (Å²) in [7, 11) is 1.43. The number of carboxylic acids is 1. The number of Topliss-reactive ketones (excluding diaryl/α,β-unsaturated/α-hetero) is 1. The molecule has 1 heterocycles. The van der Waals surface area contributed by atoms with Crippen LogP contribution < -0.4 is 9.47 Å². The molecule has 0 saturated heterocycles. The number of aromatic carboxylic acids is 1. The number of phenolic OH excluding ortho intramolecular Hbond substituents is 1. The molecule has 0 atom stereocenters. The number of carbonyl (C=O) groups excluding carboxylic acids is 1.